The number of aromatic nitrogens is 2. The Labute approximate surface area is 196 Å². The van der Waals surface area contributed by atoms with Gasteiger partial charge in [-0.15, -0.1) is 5.10 Å². The molecule has 34 heavy (non-hydrogen) atoms. The average molecular weight is 489 g/mol. The first-order valence-corrected chi connectivity index (χ1v) is 9.87. The summed E-state index contributed by atoms with van der Waals surface area (Å²) in [6.07, 6.45) is 1.28. The minimum atomic E-state index is -0.760. The molecule has 2 aromatic carbocycles. The number of oxime groups is 1. The number of halogens is 1. The summed E-state index contributed by atoms with van der Waals surface area (Å²) in [4.78, 5) is 37.9. The van der Waals surface area contributed by atoms with Gasteiger partial charge in [0.25, 0.3) is 17.5 Å². The molecule has 0 unspecified atom stereocenters. The van der Waals surface area contributed by atoms with Crippen LogP contribution < -0.4 is 10.1 Å². The zero-order valence-corrected chi connectivity index (χ0v) is 18.6. The van der Waals surface area contributed by atoms with Crippen LogP contribution in [0, 0.1) is 20.2 Å². The number of amides is 1. The van der Waals surface area contributed by atoms with Gasteiger partial charge in [0.2, 0.25) is 0 Å². The lowest BCUT2D eigenvalue weighted by Crippen LogP contribution is -2.29. The standard InChI is InChI=1S/C20H17ClN6O7/c1-22-19(28)18(24-33-2)14-6-4-3-5-12(14)11-34-20-15(21)10-25(23-20)16-8-7-13(26(29)30)9-17(16)27(31)32/h3-10H,11H2,1-2H3,(H,22,28). The second kappa shape index (κ2) is 10.4. The number of hydrogen-bond donors (Lipinski definition) is 1. The Morgan fingerprint density at radius 3 is 2.59 bits per heavy atom. The number of hydrogen-bond acceptors (Lipinski definition) is 9. The molecule has 3 aromatic rings. The fraction of sp³-hybridized carbons (Fsp3) is 0.150. The molecule has 13 nitrogen and oxygen atoms in total. The maximum atomic E-state index is 12.2. The van der Waals surface area contributed by atoms with Crippen molar-refractivity contribution in [3.05, 3.63) is 85.0 Å². The van der Waals surface area contributed by atoms with E-state index in [1.165, 1.54) is 26.4 Å². The van der Waals surface area contributed by atoms with E-state index in [-0.39, 0.29) is 28.9 Å². The fourth-order valence-corrected chi connectivity index (χ4v) is 3.15. The molecular weight excluding hydrogens is 472 g/mol. The summed E-state index contributed by atoms with van der Waals surface area (Å²) in [6.45, 7) is -0.0744. The van der Waals surface area contributed by atoms with Gasteiger partial charge in [0, 0.05) is 18.7 Å². The second-order valence-electron chi connectivity index (χ2n) is 6.56. The number of nitrogens with one attached hydrogen (secondary N) is 1. The highest BCUT2D eigenvalue weighted by atomic mass is 35.5. The summed E-state index contributed by atoms with van der Waals surface area (Å²) in [7, 11) is 2.77. The molecule has 1 N–H and O–H groups in total. The van der Waals surface area contributed by atoms with Crippen molar-refractivity contribution in [2.45, 2.75) is 6.61 Å². The lowest BCUT2D eigenvalue weighted by molar-refractivity contribution is -0.394. The van der Waals surface area contributed by atoms with Crippen molar-refractivity contribution in [2.24, 2.45) is 5.16 Å². The van der Waals surface area contributed by atoms with Crippen molar-refractivity contribution < 1.29 is 24.2 Å². The van der Waals surface area contributed by atoms with Crippen molar-refractivity contribution in [3.63, 3.8) is 0 Å². The van der Waals surface area contributed by atoms with E-state index >= 15 is 0 Å². The number of carbonyl (C=O) groups excluding carboxylic acids is 1. The Hall–Kier alpha value is -4.52. The summed E-state index contributed by atoms with van der Waals surface area (Å²) in [5.74, 6) is -0.517. The Morgan fingerprint density at radius 2 is 1.94 bits per heavy atom. The van der Waals surface area contributed by atoms with Crippen molar-refractivity contribution in [1.82, 2.24) is 15.1 Å². The monoisotopic (exact) mass is 488 g/mol. The van der Waals surface area contributed by atoms with Gasteiger partial charge in [-0.25, -0.2) is 4.68 Å². The van der Waals surface area contributed by atoms with Crippen molar-refractivity contribution in [3.8, 4) is 11.6 Å². The van der Waals surface area contributed by atoms with Crippen LogP contribution in [0.1, 0.15) is 11.1 Å². The molecule has 0 bridgehead atoms. The number of rotatable bonds is 9. The molecule has 14 heteroatoms. The topological polar surface area (TPSA) is 164 Å². The van der Waals surface area contributed by atoms with E-state index in [4.69, 9.17) is 21.2 Å². The molecule has 0 fully saturated rings. The van der Waals surface area contributed by atoms with Gasteiger partial charge >= 0.3 is 5.69 Å². The molecule has 3 rings (SSSR count). The summed E-state index contributed by atoms with van der Waals surface area (Å²) in [5, 5.41) is 32.8. The predicted octanol–water partition coefficient (Wildman–Crippen LogP) is 3.02. The van der Waals surface area contributed by atoms with Gasteiger partial charge in [-0.05, 0) is 11.6 Å². The number of likely N-dealkylation sites (N-methyl/N-ethyl adjacent to an activating group) is 1. The number of nitro groups is 2. The van der Waals surface area contributed by atoms with Crippen LogP contribution in [0.25, 0.3) is 5.69 Å². The molecule has 0 saturated heterocycles. The summed E-state index contributed by atoms with van der Waals surface area (Å²) in [6, 6.07) is 9.94. The SMILES string of the molecule is CNC(=O)C(=NOC)c1ccccc1COc1nn(-c2ccc([N+](=O)[O-])cc2[N+](=O)[O-])cc1Cl. The van der Waals surface area contributed by atoms with E-state index < -0.39 is 27.1 Å². The molecule has 0 saturated carbocycles. The molecule has 1 heterocycles. The fourth-order valence-electron chi connectivity index (χ4n) is 2.97. The Bertz CT molecular complexity index is 1290. The van der Waals surface area contributed by atoms with Gasteiger partial charge in [-0.1, -0.05) is 41.0 Å². The maximum Gasteiger partial charge on any atom is 0.301 e. The second-order valence-corrected chi connectivity index (χ2v) is 6.97. The first-order chi connectivity index (χ1) is 16.3. The van der Waals surface area contributed by atoms with Crippen molar-refractivity contribution >= 4 is 34.6 Å². The van der Waals surface area contributed by atoms with E-state index in [9.17, 15) is 25.0 Å². The van der Waals surface area contributed by atoms with Crippen LogP contribution >= 0.6 is 11.6 Å². The van der Waals surface area contributed by atoms with Crippen molar-refractivity contribution in [1.29, 1.82) is 0 Å². The van der Waals surface area contributed by atoms with Crippen LogP contribution in [0.2, 0.25) is 5.02 Å². The number of ether oxygens (including phenoxy) is 1. The molecule has 0 atom stereocenters. The largest absolute Gasteiger partial charge is 0.471 e. The minimum absolute atomic E-state index is 0.0299. The maximum absolute atomic E-state index is 12.2. The highest BCUT2D eigenvalue weighted by Gasteiger charge is 2.23. The van der Waals surface area contributed by atoms with Gasteiger partial charge in [-0.3, -0.25) is 25.0 Å². The Balaban J connectivity index is 1.91. The highest BCUT2D eigenvalue weighted by molar-refractivity contribution is 6.45. The van der Waals surface area contributed by atoms with E-state index in [1.54, 1.807) is 24.3 Å². The number of benzene rings is 2. The first-order valence-electron chi connectivity index (χ1n) is 9.49. The van der Waals surface area contributed by atoms with E-state index in [2.05, 4.69) is 15.6 Å². The number of nitrogens with zero attached hydrogens (tertiary/aromatic N) is 5. The quantitative estimate of drug-likeness (QED) is 0.272. The van der Waals surface area contributed by atoms with Gasteiger partial charge in [0.15, 0.2) is 5.71 Å². The highest BCUT2D eigenvalue weighted by Crippen LogP contribution is 2.31. The van der Waals surface area contributed by atoms with E-state index in [1.807, 2.05) is 0 Å². The zero-order chi connectivity index (χ0) is 24.8. The molecule has 0 aliphatic carbocycles. The zero-order valence-electron chi connectivity index (χ0n) is 17.8. The van der Waals surface area contributed by atoms with Gasteiger partial charge in [0.05, 0.1) is 22.1 Å². The van der Waals surface area contributed by atoms with Crippen LogP contribution in [0.5, 0.6) is 5.88 Å². The average Bonchev–Trinajstić information content (AvgIpc) is 3.20. The van der Waals surface area contributed by atoms with E-state index in [0.717, 1.165) is 16.8 Å². The molecule has 1 amide bonds. The number of carbonyl (C=O) groups is 1. The third kappa shape index (κ3) is 5.10. The predicted molar refractivity (Wildman–Crippen MR) is 120 cm³/mol. The smallest absolute Gasteiger partial charge is 0.301 e. The van der Waals surface area contributed by atoms with Crippen LogP contribution in [0.4, 0.5) is 11.4 Å². The minimum Gasteiger partial charge on any atom is -0.471 e. The van der Waals surface area contributed by atoms with Crippen molar-refractivity contribution in [2.75, 3.05) is 14.2 Å². The van der Waals surface area contributed by atoms with Gasteiger partial charge in [-0.2, -0.15) is 0 Å². The van der Waals surface area contributed by atoms with E-state index in [0.29, 0.717) is 11.1 Å². The first kappa shape index (κ1) is 24.1. The third-order valence-corrected chi connectivity index (χ3v) is 4.77. The molecule has 0 spiro atoms. The number of nitro benzene ring substituents is 2. The lowest BCUT2D eigenvalue weighted by atomic mass is 10.0. The summed E-state index contributed by atoms with van der Waals surface area (Å²) < 4.78 is 6.79. The Kier molecular flexibility index (Phi) is 7.38. The molecule has 0 aliphatic rings. The summed E-state index contributed by atoms with van der Waals surface area (Å²) >= 11 is 6.21. The van der Waals surface area contributed by atoms with Gasteiger partial charge in [0.1, 0.15) is 24.4 Å². The lowest BCUT2D eigenvalue weighted by Gasteiger charge is -2.11. The molecule has 176 valence electrons. The van der Waals surface area contributed by atoms with Crippen LogP contribution in [0.3, 0.4) is 0 Å². The molecule has 0 aliphatic heterocycles. The van der Waals surface area contributed by atoms with Crippen LogP contribution in [-0.4, -0.2) is 45.4 Å². The normalized spacial score (nSPS) is 11.1. The van der Waals surface area contributed by atoms with Gasteiger partial charge < -0.3 is 14.9 Å². The Morgan fingerprint density at radius 1 is 1.21 bits per heavy atom. The number of non-ortho nitro benzene ring substituents is 1. The molecule has 1 aromatic heterocycles. The molecular formula is C20H17ClN6O7. The third-order valence-electron chi connectivity index (χ3n) is 4.51. The summed E-state index contributed by atoms with van der Waals surface area (Å²) in [5.41, 5.74) is 0.0333. The molecule has 0 radical (unpaired) electrons. The van der Waals surface area contributed by atoms with Crippen LogP contribution in [-0.2, 0) is 16.2 Å². The van der Waals surface area contributed by atoms with Crippen LogP contribution in [0.15, 0.2) is 53.8 Å².